The van der Waals surface area contributed by atoms with E-state index in [4.69, 9.17) is 0 Å². The van der Waals surface area contributed by atoms with E-state index in [9.17, 15) is 4.79 Å². The maximum atomic E-state index is 11.4. The Balaban J connectivity index is 2.07. The normalized spacial score (nSPS) is 26.8. The van der Waals surface area contributed by atoms with Gasteiger partial charge in [-0.2, -0.15) is 0 Å². The van der Waals surface area contributed by atoms with Crippen molar-refractivity contribution in [3.63, 3.8) is 0 Å². The highest BCUT2D eigenvalue weighted by Crippen LogP contribution is 2.36. The highest BCUT2D eigenvalue weighted by Gasteiger charge is 2.30. The van der Waals surface area contributed by atoms with E-state index in [1.165, 1.54) is 31.5 Å². The first-order valence-corrected chi connectivity index (χ1v) is 6.04. The minimum Gasteiger partial charge on any atom is -0.299 e. The summed E-state index contributed by atoms with van der Waals surface area (Å²) in [5.41, 5.74) is 1.58. The van der Waals surface area contributed by atoms with Crippen molar-refractivity contribution < 1.29 is 4.79 Å². The summed E-state index contributed by atoms with van der Waals surface area (Å²) >= 11 is 0. The number of hydrogen-bond donors (Lipinski definition) is 0. The fourth-order valence-corrected chi connectivity index (χ4v) is 2.50. The number of nitrogens with zero attached hydrogens (tertiary/aromatic N) is 1. The standard InChI is InChI=1S/C13H21NO/c1-13(2)6-5-12(15)9-11(13)10-14-7-3-4-8-14/h9H,3-8,10H2,1-2H3. The first-order valence-electron chi connectivity index (χ1n) is 6.04. The maximum Gasteiger partial charge on any atom is 0.155 e. The fourth-order valence-electron chi connectivity index (χ4n) is 2.50. The molecule has 1 aliphatic carbocycles. The van der Waals surface area contributed by atoms with Gasteiger partial charge in [0.1, 0.15) is 0 Å². The second-order valence-electron chi connectivity index (χ2n) is 5.50. The average molecular weight is 207 g/mol. The van der Waals surface area contributed by atoms with Crippen LogP contribution in [0.5, 0.6) is 0 Å². The molecule has 2 rings (SSSR count). The average Bonchev–Trinajstić information content (AvgIpc) is 2.65. The molecular weight excluding hydrogens is 186 g/mol. The Morgan fingerprint density at radius 1 is 1.33 bits per heavy atom. The number of likely N-dealkylation sites (tertiary alicyclic amines) is 1. The molecule has 84 valence electrons. The zero-order valence-corrected chi connectivity index (χ0v) is 9.88. The lowest BCUT2D eigenvalue weighted by molar-refractivity contribution is -0.115. The van der Waals surface area contributed by atoms with Crippen molar-refractivity contribution in [3.8, 4) is 0 Å². The van der Waals surface area contributed by atoms with Crippen molar-refractivity contribution in [3.05, 3.63) is 11.6 Å². The van der Waals surface area contributed by atoms with Crippen molar-refractivity contribution in [2.24, 2.45) is 5.41 Å². The van der Waals surface area contributed by atoms with Crippen LogP contribution in [-0.2, 0) is 4.79 Å². The number of allylic oxidation sites excluding steroid dienone is 1. The second kappa shape index (κ2) is 4.09. The van der Waals surface area contributed by atoms with Crippen LogP contribution in [0.15, 0.2) is 11.6 Å². The number of rotatable bonds is 2. The van der Waals surface area contributed by atoms with Crippen LogP contribution in [0.1, 0.15) is 39.5 Å². The monoisotopic (exact) mass is 207 g/mol. The van der Waals surface area contributed by atoms with E-state index in [2.05, 4.69) is 18.7 Å². The molecule has 0 amide bonds. The van der Waals surface area contributed by atoms with Crippen LogP contribution in [0.2, 0.25) is 0 Å². The number of carbonyl (C=O) groups is 1. The topological polar surface area (TPSA) is 20.3 Å². The molecule has 15 heavy (non-hydrogen) atoms. The molecule has 0 saturated carbocycles. The van der Waals surface area contributed by atoms with E-state index >= 15 is 0 Å². The number of hydrogen-bond acceptors (Lipinski definition) is 2. The van der Waals surface area contributed by atoms with Gasteiger partial charge in [-0.3, -0.25) is 9.69 Å². The SMILES string of the molecule is CC1(C)CCC(=O)C=C1CN1CCCC1. The molecule has 0 unspecified atom stereocenters. The van der Waals surface area contributed by atoms with Gasteiger partial charge in [0, 0.05) is 13.0 Å². The number of carbonyl (C=O) groups excluding carboxylic acids is 1. The van der Waals surface area contributed by atoms with Crippen LogP contribution in [0.4, 0.5) is 0 Å². The van der Waals surface area contributed by atoms with Crippen molar-refractivity contribution in [2.75, 3.05) is 19.6 Å². The van der Waals surface area contributed by atoms with Crippen LogP contribution in [0, 0.1) is 5.41 Å². The molecule has 0 spiro atoms. The molecule has 0 aromatic heterocycles. The summed E-state index contributed by atoms with van der Waals surface area (Å²) in [6.45, 7) is 7.96. The van der Waals surface area contributed by atoms with E-state index in [-0.39, 0.29) is 5.41 Å². The van der Waals surface area contributed by atoms with Crippen molar-refractivity contribution >= 4 is 5.78 Å². The van der Waals surface area contributed by atoms with E-state index in [1.54, 1.807) is 0 Å². The van der Waals surface area contributed by atoms with Gasteiger partial charge in [0.2, 0.25) is 0 Å². The Morgan fingerprint density at radius 3 is 2.67 bits per heavy atom. The largest absolute Gasteiger partial charge is 0.299 e. The summed E-state index contributed by atoms with van der Waals surface area (Å²) in [5.74, 6) is 0.323. The van der Waals surface area contributed by atoms with Crippen LogP contribution in [0.3, 0.4) is 0 Å². The zero-order valence-electron chi connectivity index (χ0n) is 9.88. The van der Waals surface area contributed by atoms with Gasteiger partial charge in [-0.25, -0.2) is 0 Å². The third-order valence-corrected chi connectivity index (χ3v) is 3.79. The van der Waals surface area contributed by atoms with Crippen LogP contribution in [-0.4, -0.2) is 30.3 Å². The van der Waals surface area contributed by atoms with Gasteiger partial charge in [0.15, 0.2) is 5.78 Å². The van der Waals surface area contributed by atoms with Crippen LogP contribution < -0.4 is 0 Å². The minimum atomic E-state index is 0.233. The van der Waals surface area contributed by atoms with Gasteiger partial charge in [0.05, 0.1) is 0 Å². The molecule has 0 atom stereocenters. The summed E-state index contributed by atoms with van der Waals surface area (Å²) in [6.07, 6.45) is 6.30. The Morgan fingerprint density at radius 2 is 2.00 bits per heavy atom. The lowest BCUT2D eigenvalue weighted by Gasteiger charge is -2.33. The summed E-state index contributed by atoms with van der Waals surface area (Å²) in [4.78, 5) is 13.9. The van der Waals surface area contributed by atoms with E-state index in [0.717, 1.165) is 19.4 Å². The van der Waals surface area contributed by atoms with Gasteiger partial charge in [0.25, 0.3) is 0 Å². The van der Waals surface area contributed by atoms with E-state index in [0.29, 0.717) is 5.78 Å². The van der Waals surface area contributed by atoms with Gasteiger partial charge in [-0.15, -0.1) is 0 Å². The summed E-state index contributed by atoms with van der Waals surface area (Å²) in [5, 5.41) is 0. The number of ketones is 1. The smallest absolute Gasteiger partial charge is 0.155 e. The van der Waals surface area contributed by atoms with E-state index in [1.807, 2.05) is 6.08 Å². The molecule has 0 bridgehead atoms. The molecule has 1 saturated heterocycles. The molecule has 0 N–H and O–H groups in total. The molecule has 0 aromatic rings. The highest BCUT2D eigenvalue weighted by molar-refractivity contribution is 5.91. The molecule has 0 radical (unpaired) electrons. The fraction of sp³-hybridized carbons (Fsp3) is 0.769. The predicted octanol–water partition coefficient (Wildman–Crippen LogP) is 2.40. The third kappa shape index (κ3) is 2.49. The quantitative estimate of drug-likeness (QED) is 0.693. The Hall–Kier alpha value is -0.630. The molecule has 1 aliphatic heterocycles. The van der Waals surface area contributed by atoms with Crippen LogP contribution >= 0.6 is 0 Å². The van der Waals surface area contributed by atoms with E-state index < -0.39 is 0 Å². The van der Waals surface area contributed by atoms with Crippen molar-refractivity contribution in [1.82, 2.24) is 4.90 Å². The van der Waals surface area contributed by atoms with Gasteiger partial charge >= 0.3 is 0 Å². The van der Waals surface area contributed by atoms with Gasteiger partial charge < -0.3 is 0 Å². The molecule has 0 aromatic carbocycles. The Kier molecular flexibility index (Phi) is 2.96. The summed E-state index contributed by atoms with van der Waals surface area (Å²) in [7, 11) is 0. The molecule has 2 aliphatic rings. The molecule has 1 heterocycles. The van der Waals surface area contributed by atoms with Crippen molar-refractivity contribution in [2.45, 2.75) is 39.5 Å². The van der Waals surface area contributed by atoms with Gasteiger partial charge in [-0.05, 0) is 49.4 Å². The molecule has 2 heteroatoms. The first-order chi connectivity index (χ1) is 7.08. The Bertz CT molecular complexity index is 285. The maximum absolute atomic E-state index is 11.4. The van der Waals surface area contributed by atoms with Crippen LogP contribution in [0.25, 0.3) is 0 Å². The lowest BCUT2D eigenvalue weighted by atomic mass is 9.75. The highest BCUT2D eigenvalue weighted by atomic mass is 16.1. The third-order valence-electron chi connectivity index (χ3n) is 3.79. The molecule has 2 nitrogen and oxygen atoms in total. The molecular formula is C13H21NO. The second-order valence-corrected chi connectivity index (χ2v) is 5.50. The first kappa shape index (κ1) is 10.9. The molecule has 1 fully saturated rings. The lowest BCUT2D eigenvalue weighted by Crippen LogP contribution is -2.31. The predicted molar refractivity (Wildman–Crippen MR) is 61.8 cm³/mol. The van der Waals surface area contributed by atoms with Gasteiger partial charge in [-0.1, -0.05) is 13.8 Å². The zero-order chi connectivity index (χ0) is 10.9. The Labute approximate surface area is 92.3 Å². The minimum absolute atomic E-state index is 0.233. The summed E-state index contributed by atoms with van der Waals surface area (Å²) in [6, 6.07) is 0. The van der Waals surface area contributed by atoms with Crippen molar-refractivity contribution in [1.29, 1.82) is 0 Å². The summed E-state index contributed by atoms with van der Waals surface area (Å²) < 4.78 is 0.